The van der Waals surface area contributed by atoms with Crippen LogP contribution in [0.25, 0.3) is 0 Å². The molecule has 2 aromatic rings. The monoisotopic (exact) mass is 335 g/mol. The van der Waals surface area contributed by atoms with Gasteiger partial charge in [-0.25, -0.2) is 4.98 Å². The molecule has 1 aromatic carbocycles. The van der Waals surface area contributed by atoms with Gasteiger partial charge < -0.3 is 15.0 Å². The largest absolute Gasteiger partial charge is 0.493 e. The van der Waals surface area contributed by atoms with Gasteiger partial charge in [0, 0.05) is 23.3 Å². The second kappa shape index (κ2) is 5.97. The molecule has 0 aliphatic carbocycles. The maximum Gasteiger partial charge on any atom is 0.125 e. The van der Waals surface area contributed by atoms with E-state index in [0.29, 0.717) is 0 Å². The van der Waals surface area contributed by atoms with Crippen LogP contribution in [0.4, 0.5) is 0 Å². The molecule has 1 aliphatic rings. The highest BCUT2D eigenvalue weighted by molar-refractivity contribution is 9.10. The molecule has 4 nitrogen and oxygen atoms in total. The Labute approximate surface area is 127 Å². The van der Waals surface area contributed by atoms with E-state index in [9.17, 15) is 0 Å². The fourth-order valence-corrected chi connectivity index (χ4v) is 3.25. The van der Waals surface area contributed by atoms with Gasteiger partial charge >= 0.3 is 0 Å². The van der Waals surface area contributed by atoms with Crippen molar-refractivity contribution >= 4 is 15.9 Å². The number of nitrogens with zero attached hydrogens (tertiary/aromatic N) is 1. The Morgan fingerprint density at radius 2 is 2.40 bits per heavy atom. The number of nitrogens with one attached hydrogen (secondary N) is 2. The van der Waals surface area contributed by atoms with Gasteiger partial charge in [-0.15, -0.1) is 0 Å². The summed E-state index contributed by atoms with van der Waals surface area (Å²) in [5.41, 5.74) is 2.53. The lowest BCUT2D eigenvalue weighted by Gasteiger charge is -2.17. The number of rotatable bonds is 5. The molecule has 0 bridgehead atoms. The van der Waals surface area contributed by atoms with Crippen molar-refractivity contribution in [1.82, 2.24) is 15.3 Å². The van der Waals surface area contributed by atoms with Crippen LogP contribution in [0.1, 0.15) is 29.9 Å². The zero-order valence-electron chi connectivity index (χ0n) is 11.4. The topological polar surface area (TPSA) is 49.9 Å². The van der Waals surface area contributed by atoms with Gasteiger partial charge in [-0.05, 0) is 36.2 Å². The predicted octanol–water partition coefficient (Wildman–Crippen LogP) is 3.00. The number of aromatic amines is 1. The fourth-order valence-electron chi connectivity index (χ4n) is 2.70. The summed E-state index contributed by atoms with van der Waals surface area (Å²) in [7, 11) is 0. The molecule has 0 spiro atoms. The number of H-pyrrole nitrogens is 1. The fraction of sp³-hybridized carbons (Fsp3) is 0.400. The van der Waals surface area contributed by atoms with Crippen molar-refractivity contribution in [2.24, 2.45) is 0 Å². The minimum Gasteiger partial charge on any atom is -0.493 e. The van der Waals surface area contributed by atoms with Crippen molar-refractivity contribution in [3.8, 4) is 5.75 Å². The smallest absolute Gasteiger partial charge is 0.125 e. The second-order valence-electron chi connectivity index (χ2n) is 4.94. The Balaban J connectivity index is 1.89. The summed E-state index contributed by atoms with van der Waals surface area (Å²) in [6, 6.07) is 4.48. The normalized spacial score (nSPS) is 14.9. The van der Waals surface area contributed by atoms with Gasteiger partial charge in [0.1, 0.15) is 11.6 Å². The van der Waals surface area contributed by atoms with E-state index in [1.54, 1.807) is 6.20 Å². The van der Waals surface area contributed by atoms with Crippen molar-refractivity contribution in [2.75, 3.05) is 13.2 Å². The number of hydrogen-bond donors (Lipinski definition) is 2. The summed E-state index contributed by atoms with van der Waals surface area (Å²) in [5, 5.41) is 3.48. The van der Waals surface area contributed by atoms with Crippen LogP contribution in [-0.2, 0) is 12.8 Å². The van der Waals surface area contributed by atoms with E-state index >= 15 is 0 Å². The van der Waals surface area contributed by atoms with Crippen molar-refractivity contribution in [3.05, 3.63) is 46.0 Å². The summed E-state index contributed by atoms with van der Waals surface area (Å²) < 4.78 is 6.92. The minimum absolute atomic E-state index is 0.178. The molecule has 5 heteroatoms. The lowest BCUT2D eigenvalue weighted by atomic mass is 10.0. The maximum absolute atomic E-state index is 5.80. The molecule has 20 heavy (non-hydrogen) atoms. The van der Waals surface area contributed by atoms with E-state index in [2.05, 4.69) is 50.3 Å². The first-order valence-electron chi connectivity index (χ1n) is 6.94. The number of aromatic nitrogens is 2. The van der Waals surface area contributed by atoms with Crippen LogP contribution in [0.15, 0.2) is 29.0 Å². The molecule has 1 aliphatic heterocycles. The molecule has 106 valence electrons. The first-order valence-corrected chi connectivity index (χ1v) is 7.74. The molecule has 2 N–H and O–H groups in total. The Bertz CT molecular complexity index is 583. The van der Waals surface area contributed by atoms with Crippen LogP contribution in [0.5, 0.6) is 5.75 Å². The molecule has 2 heterocycles. The number of fused-ring (bicyclic) bond motifs is 1. The van der Waals surface area contributed by atoms with Crippen LogP contribution in [0.2, 0.25) is 0 Å². The highest BCUT2D eigenvalue weighted by Crippen LogP contribution is 2.35. The van der Waals surface area contributed by atoms with Gasteiger partial charge in [-0.1, -0.05) is 22.9 Å². The summed E-state index contributed by atoms with van der Waals surface area (Å²) in [6.07, 6.45) is 5.51. The molecule has 1 unspecified atom stereocenters. The highest BCUT2D eigenvalue weighted by atomic mass is 79.9. The molecule has 1 aromatic heterocycles. The van der Waals surface area contributed by atoms with E-state index in [1.807, 2.05) is 6.20 Å². The summed E-state index contributed by atoms with van der Waals surface area (Å²) in [4.78, 5) is 7.58. The quantitative estimate of drug-likeness (QED) is 0.883. The van der Waals surface area contributed by atoms with Crippen molar-refractivity contribution in [3.63, 3.8) is 0 Å². The predicted molar refractivity (Wildman–Crippen MR) is 82.1 cm³/mol. The number of benzene rings is 1. The molecule has 1 atom stereocenters. The summed E-state index contributed by atoms with van der Waals surface area (Å²) in [6.45, 7) is 3.80. The van der Waals surface area contributed by atoms with Gasteiger partial charge in [0.15, 0.2) is 0 Å². The Morgan fingerprint density at radius 3 is 3.15 bits per heavy atom. The number of hydrogen-bond acceptors (Lipinski definition) is 3. The van der Waals surface area contributed by atoms with Crippen LogP contribution >= 0.6 is 15.9 Å². The van der Waals surface area contributed by atoms with Gasteiger partial charge in [0.2, 0.25) is 0 Å². The van der Waals surface area contributed by atoms with Crippen molar-refractivity contribution < 1.29 is 4.74 Å². The van der Waals surface area contributed by atoms with E-state index in [1.165, 1.54) is 11.1 Å². The van der Waals surface area contributed by atoms with Crippen LogP contribution in [-0.4, -0.2) is 23.1 Å². The zero-order chi connectivity index (χ0) is 13.9. The minimum atomic E-state index is 0.178. The van der Waals surface area contributed by atoms with Crippen LogP contribution in [0, 0.1) is 0 Å². The van der Waals surface area contributed by atoms with E-state index < -0.39 is 0 Å². The molecular formula is C15H18BrN3O. The number of imidazole rings is 1. The van der Waals surface area contributed by atoms with Crippen LogP contribution in [0.3, 0.4) is 0 Å². The average Bonchev–Trinajstić information content (AvgIpc) is 3.08. The average molecular weight is 336 g/mol. The molecule has 0 saturated heterocycles. The number of halogens is 1. The lowest BCUT2D eigenvalue weighted by molar-refractivity contribution is 0.351. The third-order valence-electron chi connectivity index (χ3n) is 3.55. The van der Waals surface area contributed by atoms with Gasteiger partial charge in [0.25, 0.3) is 0 Å². The molecule has 0 amide bonds. The van der Waals surface area contributed by atoms with E-state index in [4.69, 9.17) is 4.74 Å². The summed E-state index contributed by atoms with van der Waals surface area (Å²) >= 11 is 3.59. The molecule has 0 saturated carbocycles. The first-order chi connectivity index (χ1) is 9.78. The lowest BCUT2D eigenvalue weighted by Crippen LogP contribution is -2.24. The Kier molecular flexibility index (Phi) is 4.08. The number of likely N-dealkylation sites (N-methyl/N-ethyl adjacent to an activating group) is 1. The Hall–Kier alpha value is -1.33. The third kappa shape index (κ3) is 2.74. The third-order valence-corrected chi connectivity index (χ3v) is 4.01. The highest BCUT2D eigenvalue weighted by Gasteiger charge is 2.21. The zero-order valence-corrected chi connectivity index (χ0v) is 13.0. The second-order valence-corrected chi connectivity index (χ2v) is 5.86. The molecule has 3 rings (SSSR count). The Morgan fingerprint density at radius 1 is 1.50 bits per heavy atom. The molecule has 0 fully saturated rings. The first kappa shape index (κ1) is 13.6. The van der Waals surface area contributed by atoms with Gasteiger partial charge in [-0.2, -0.15) is 0 Å². The molecule has 0 radical (unpaired) electrons. The summed E-state index contributed by atoms with van der Waals surface area (Å²) in [5.74, 6) is 2.03. The number of ether oxygens (including phenoxy) is 1. The van der Waals surface area contributed by atoms with Crippen molar-refractivity contribution in [2.45, 2.75) is 25.8 Å². The SMILES string of the molecule is CCNC(Cc1cc(Br)cc2c1OCC2)c1ncc[nH]1. The standard InChI is InChI=1S/C15H18BrN3O/c1-2-17-13(15-18-4-5-19-15)9-11-8-12(16)7-10-3-6-20-14(10)11/h4-5,7-8,13,17H,2-3,6,9H2,1H3,(H,18,19). The van der Waals surface area contributed by atoms with E-state index in [-0.39, 0.29) is 6.04 Å². The van der Waals surface area contributed by atoms with Gasteiger partial charge in [-0.3, -0.25) is 0 Å². The van der Waals surface area contributed by atoms with Crippen LogP contribution < -0.4 is 10.1 Å². The van der Waals surface area contributed by atoms with Crippen molar-refractivity contribution in [1.29, 1.82) is 0 Å². The van der Waals surface area contributed by atoms with E-state index in [0.717, 1.165) is 42.0 Å². The maximum atomic E-state index is 5.80. The van der Waals surface area contributed by atoms with Gasteiger partial charge in [0.05, 0.1) is 12.6 Å². The molecular weight excluding hydrogens is 318 g/mol.